The monoisotopic (exact) mass is 311 g/mol. The van der Waals surface area contributed by atoms with Gasteiger partial charge in [0.05, 0.1) is 0 Å². The van der Waals surface area contributed by atoms with Gasteiger partial charge in [-0.15, -0.1) is 0 Å². The van der Waals surface area contributed by atoms with Crippen molar-refractivity contribution in [1.82, 2.24) is 5.16 Å². The zero-order valence-electron chi connectivity index (χ0n) is 7.40. The standard InChI is InChI=1S/C9H2BrClF3NO/c10-9-7(11)8(15-16-9)3-1-5(13)6(14)2-4(3)12/h1-2H. The second kappa shape index (κ2) is 4.10. The van der Waals surface area contributed by atoms with Gasteiger partial charge in [0.2, 0.25) is 4.67 Å². The molecule has 1 heterocycles. The van der Waals surface area contributed by atoms with Crippen LogP contribution in [0.4, 0.5) is 13.2 Å². The van der Waals surface area contributed by atoms with Crippen LogP contribution in [-0.4, -0.2) is 5.16 Å². The smallest absolute Gasteiger partial charge is 0.221 e. The fourth-order valence-electron chi connectivity index (χ4n) is 1.13. The van der Waals surface area contributed by atoms with Crippen molar-refractivity contribution in [3.05, 3.63) is 39.3 Å². The van der Waals surface area contributed by atoms with E-state index in [4.69, 9.17) is 11.6 Å². The molecule has 0 N–H and O–H groups in total. The number of aromatic nitrogens is 1. The van der Waals surface area contributed by atoms with Gasteiger partial charge >= 0.3 is 0 Å². The third kappa shape index (κ3) is 1.82. The highest BCUT2D eigenvalue weighted by Crippen LogP contribution is 2.35. The van der Waals surface area contributed by atoms with E-state index in [1.54, 1.807) is 0 Å². The topological polar surface area (TPSA) is 26.0 Å². The summed E-state index contributed by atoms with van der Waals surface area (Å²) in [5.74, 6) is -3.44. The lowest BCUT2D eigenvalue weighted by Gasteiger charge is -2.00. The van der Waals surface area contributed by atoms with E-state index in [0.29, 0.717) is 12.1 Å². The molecule has 84 valence electrons. The summed E-state index contributed by atoms with van der Waals surface area (Å²) >= 11 is 8.64. The van der Waals surface area contributed by atoms with E-state index in [-0.39, 0.29) is 20.9 Å². The van der Waals surface area contributed by atoms with E-state index >= 15 is 0 Å². The van der Waals surface area contributed by atoms with E-state index in [1.165, 1.54) is 0 Å². The predicted molar refractivity (Wildman–Crippen MR) is 54.5 cm³/mol. The molecular formula is C9H2BrClF3NO. The van der Waals surface area contributed by atoms with Crippen molar-refractivity contribution in [2.24, 2.45) is 0 Å². The van der Waals surface area contributed by atoms with Gasteiger partial charge in [0.25, 0.3) is 0 Å². The fourth-order valence-corrected chi connectivity index (χ4v) is 1.56. The minimum Gasteiger partial charge on any atom is -0.347 e. The van der Waals surface area contributed by atoms with Crippen LogP contribution in [0.2, 0.25) is 5.02 Å². The third-order valence-electron chi connectivity index (χ3n) is 1.86. The Morgan fingerprint density at radius 3 is 2.31 bits per heavy atom. The minimum absolute atomic E-state index is 0.00934. The maximum atomic E-state index is 13.3. The summed E-state index contributed by atoms with van der Waals surface area (Å²) < 4.78 is 43.7. The Morgan fingerprint density at radius 2 is 1.75 bits per heavy atom. The lowest BCUT2D eigenvalue weighted by Crippen LogP contribution is -1.91. The van der Waals surface area contributed by atoms with Gasteiger partial charge in [-0.3, -0.25) is 0 Å². The Labute approximate surface area is 101 Å². The molecule has 0 aliphatic carbocycles. The summed E-state index contributed by atoms with van der Waals surface area (Å²) in [5, 5.41) is 3.42. The Balaban J connectivity index is 2.65. The highest BCUT2D eigenvalue weighted by Gasteiger charge is 2.19. The average Bonchev–Trinajstić information content (AvgIpc) is 2.54. The second-order valence-electron chi connectivity index (χ2n) is 2.87. The van der Waals surface area contributed by atoms with E-state index in [0.717, 1.165) is 0 Å². The molecule has 0 saturated heterocycles. The van der Waals surface area contributed by atoms with Crippen molar-refractivity contribution in [1.29, 1.82) is 0 Å². The largest absolute Gasteiger partial charge is 0.347 e. The number of rotatable bonds is 1. The first-order valence-corrected chi connectivity index (χ1v) is 5.13. The summed E-state index contributed by atoms with van der Waals surface area (Å²) in [4.78, 5) is 0. The first-order chi connectivity index (χ1) is 7.50. The van der Waals surface area contributed by atoms with Gasteiger partial charge in [-0.05, 0) is 22.0 Å². The first kappa shape index (κ1) is 11.5. The molecule has 1 aromatic heterocycles. The summed E-state index contributed by atoms with van der Waals surface area (Å²) in [6.07, 6.45) is 0. The highest BCUT2D eigenvalue weighted by molar-refractivity contribution is 9.10. The van der Waals surface area contributed by atoms with E-state index < -0.39 is 17.5 Å². The molecule has 0 bridgehead atoms. The van der Waals surface area contributed by atoms with Crippen molar-refractivity contribution >= 4 is 27.5 Å². The molecule has 7 heteroatoms. The molecule has 0 amide bonds. The third-order valence-corrected chi connectivity index (χ3v) is 2.98. The molecule has 0 fully saturated rings. The van der Waals surface area contributed by atoms with Crippen LogP contribution in [0.3, 0.4) is 0 Å². The Hall–Kier alpha value is -1.01. The Bertz CT molecular complexity index is 558. The van der Waals surface area contributed by atoms with Crippen LogP contribution in [-0.2, 0) is 0 Å². The van der Waals surface area contributed by atoms with Crippen LogP contribution >= 0.6 is 27.5 Å². The van der Waals surface area contributed by atoms with Gasteiger partial charge in [0.15, 0.2) is 11.6 Å². The average molecular weight is 312 g/mol. The van der Waals surface area contributed by atoms with Gasteiger partial charge in [-0.2, -0.15) is 0 Å². The SMILES string of the molecule is Fc1cc(F)c(-c2noc(Br)c2Cl)cc1F. The predicted octanol–water partition coefficient (Wildman–Crippen LogP) is 4.17. The molecule has 16 heavy (non-hydrogen) atoms. The molecule has 0 atom stereocenters. The van der Waals surface area contributed by atoms with Gasteiger partial charge in [0.1, 0.15) is 16.5 Å². The van der Waals surface area contributed by atoms with Crippen LogP contribution in [0.5, 0.6) is 0 Å². The summed E-state index contributed by atoms with van der Waals surface area (Å²) in [6, 6.07) is 1.09. The highest BCUT2D eigenvalue weighted by atomic mass is 79.9. The van der Waals surface area contributed by atoms with Crippen molar-refractivity contribution < 1.29 is 17.7 Å². The zero-order valence-corrected chi connectivity index (χ0v) is 9.74. The Kier molecular flexibility index (Phi) is 2.94. The number of hydrogen-bond acceptors (Lipinski definition) is 2. The molecule has 0 aliphatic heterocycles. The quantitative estimate of drug-likeness (QED) is 0.739. The minimum atomic E-state index is -1.28. The van der Waals surface area contributed by atoms with Crippen molar-refractivity contribution in [2.45, 2.75) is 0 Å². The number of hydrogen-bond donors (Lipinski definition) is 0. The summed E-state index contributed by atoms with van der Waals surface area (Å²) in [6.45, 7) is 0. The van der Waals surface area contributed by atoms with E-state index in [2.05, 4.69) is 25.6 Å². The van der Waals surface area contributed by atoms with E-state index in [9.17, 15) is 13.2 Å². The van der Waals surface area contributed by atoms with Gasteiger partial charge in [0, 0.05) is 11.6 Å². The summed E-state index contributed by atoms with van der Waals surface area (Å²) in [5.41, 5.74) is -0.358. The molecule has 1 aromatic carbocycles. The van der Waals surface area contributed by atoms with Crippen LogP contribution in [0.15, 0.2) is 21.3 Å². The maximum absolute atomic E-state index is 13.3. The van der Waals surface area contributed by atoms with Gasteiger partial charge in [-0.1, -0.05) is 16.8 Å². The first-order valence-electron chi connectivity index (χ1n) is 3.96. The Morgan fingerprint density at radius 1 is 1.12 bits per heavy atom. The van der Waals surface area contributed by atoms with Crippen LogP contribution in [0, 0.1) is 17.5 Å². The molecule has 0 unspecified atom stereocenters. The van der Waals surface area contributed by atoms with Gasteiger partial charge in [-0.25, -0.2) is 13.2 Å². The zero-order chi connectivity index (χ0) is 11.9. The van der Waals surface area contributed by atoms with Crippen LogP contribution in [0.1, 0.15) is 0 Å². The fraction of sp³-hybridized carbons (Fsp3) is 0. The molecule has 2 nitrogen and oxygen atoms in total. The maximum Gasteiger partial charge on any atom is 0.221 e. The van der Waals surface area contributed by atoms with E-state index in [1.807, 2.05) is 0 Å². The van der Waals surface area contributed by atoms with Crippen LogP contribution < -0.4 is 0 Å². The van der Waals surface area contributed by atoms with Gasteiger partial charge < -0.3 is 4.52 Å². The molecule has 2 rings (SSSR count). The molecule has 0 radical (unpaired) electrons. The normalized spacial score (nSPS) is 10.8. The molecule has 0 aliphatic rings. The number of nitrogens with zero attached hydrogens (tertiary/aromatic N) is 1. The summed E-state index contributed by atoms with van der Waals surface area (Å²) in [7, 11) is 0. The van der Waals surface area contributed by atoms with Crippen molar-refractivity contribution in [2.75, 3.05) is 0 Å². The second-order valence-corrected chi connectivity index (χ2v) is 3.96. The molecular weight excluding hydrogens is 310 g/mol. The molecule has 2 aromatic rings. The van der Waals surface area contributed by atoms with Crippen LogP contribution in [0.25, 0.3) is 11.3 Å². The number of halogens is 5. The lowest BCUT2D eigenvalue weighted by atomic mass is 10.1. The molecule has 0 spiro atoms. The molecule has 0 saturated carbocycles. The lowest BCUT2D eigenvalue weighted by molar-refractivity contribution is 0.402. The number of benzene rings is 1. The van der Waals surface area contributed by atoms with Crippen molar-refractivity contribution in [3.8, 4) is 11.3 Å². The van der Waals surface area contributed by atoms with Crippen molar-refractivity contribution in [3.63, 3.8) is 0 Å².